The van der Waals surface area contributed by atoms with Gasteiger partial charge in [-0.15, -0.1) is 0 Å². The van der Waals surface area contributed by atoms with Crippen LogP contribution < -0.4 is 28.4 Å². The molecule has 41 heavy (non-hydrogen) atoms. The number of allylic oxidation sites excluding steroid dienone is 1. The van der Waals surface area contributed by atoms with Crippen LogP contribution in [0.2, 0.25) is 0 Å². The third-order valence-electron chi connectivity index (χ3n) is 5.94. The van der Waals surface area contributed by atoms with Gasteiger partial charge in [0.05, 0.1) is 26.9 Å². The monoisotopic (exact) mass is 580 g/mol. The van der Waals surface area contributed by atoms with Gasteiger partial charge in [-0.1, -0.05) is 0 Å². The fourth-order valence-corrected chi connectivity index (χ4v) is 3.98. The number of ether oxygens (including phenoxy) is 6. The molecule has 1 heterocycles. The number of carbonyl (C=O) groups excluding carboxylic acids is 2. The summed E-state index contributed by atoms with van der Waals surface area (Å²) in [6.45, 7) is 2.54. The van der Waals surface area contributed by atoms with Crippen LogP contribution in [0.25, 0.3) is 6.08 Å². The quantitative estimate of drug-likeness (QED) is 0.0837. The molecule has 0 aromatic heterocycles. The van der Waals surface area contributed by atoms with E-state index in [2.05, 4.69) is 0 Å². The van der Waals surface area contributed by atoms with Crippen molar-refractivity contribution in [2.24, 2.45) is 0 Å². The zero-order chi connectivity index (χ0) is 30.2. The van der Waals surface area contributed by atoms with Crippen LogP contribution >= 0.6 is 0 Å². The number of halogens is 5. The van der Waals surface area contributed by atoms with Crippen LogP contribution in [-0.2, 0) is 4.79 Å². The van der Waals surface area contributed by atoms with Gasteiger partial charge in [-0.05, 0) is 49.2 Å². The van der Waals surface area contributed by atoms with Gasteiger partial charge in [-0.2, -0.15) is 8.78 Å². The van der Waals surface area contributed by atoms with Gasteiger partial charge in [-0.3, -0.25) is 4.79 Å². The Morgan fingerprint density at radius 1 is 0.829 bits per heavy atom. The van der Waals surface area contributed by atoms with Crippen molar-refractivity contribution in [3.63, 3.8) is 0 Å². The zero-order valence-electron chi connectivity index (χ0n) is 22.1. The summed E-state index contributed by atoms with van der Waals surface area (Å²) in [4.78, 5) is 25.6. The van der Waals surface area contributed by atoms with Crippen LogP contribution in [0.3, 0.4) is 0 Å². The second-order valence-electron chi connectivity index (χ2n) is 8.59. The third-order valence-corrected chi connectivity index (χ3v) is 5.94. The summed E-state index contributed by atoms with van der Waals surface area (Å²) in [5.41, 5.74) is 1.03. The molecule has 0 saturated carbocycles. The molecular weight excluding hydrogens is 559 g/mol. The predicted molar refractivity (Wildman–Crippen MR) is 132 cm³/mol. The molecule has 0 fully saturated rings. The number of hydrogen-bond donors (Lipinski definition) is 0. The minimum absolute atomic E-state index is 0.0461. The number of rotatable bonds is 8. The highest BCUT2D eigenvalue weighted by atomic mass is 19.2. The first-order valence-corrected chi connectivity index (χ1v) is 11.7. The summed E-state index contributed by atoms with van der Waals surface area (Å²) in [5.74, 6) is -13.8. The van der Waals surface area contributed by atoms with Crippen molar-refractivity contribution in [3.8, 4) is 34.5 Å². The Kier molecular flexibility index (Phi) is 8.08. The molecule has 13 heteroatoms. The Morgan fingerprint density at radius 2 is 1.39 bits per heavy atom. The van der Waals surface area contributed by atoms with Crippen LogP contribution in [-0.4, -0.2) is 39.2 Å². The maximum absolute atomic E-state index is 13.9. The number of fused-ring (bicyclic) bond motifs is 1. The fourth-order valence-electron chi connectivity index (χ4n) is 3.98. The number of esters is 1. The molecule has 0 amide bonds. The van der Waals surface area contributed by atoms with E-state index in [-0.39, 0.29) is 22.8 Å². The molecule has 216 valence electrons. The van der Waals surface area contributed by atoms with E-state index in [0.29, 0.717) is 28.4 Å². The Hall–Kier alpha value is -4.81. The van der Waals surface area contributed by atoms with Crippen LogP contribution in [0, 0.1) is 36.0 Å². The third kappa shape index (κ3) is 5.34. The summed E-state index contributed by atoms with van der Waals surface area (Å²) in [5, 5.41) is 0. The van der Waals surface area contributed by atoms with Crippen LogP contribution in [0.4, 0.5) is 22.0 Å². The summed E-state index contributed by atoms with van der Waals surface area (Å²) in [6.07, 6.45) is -0.354. The van der Waals surface area contributed by atoms with E-state index in [9.17, 15) is 31.5 Å². The van der Waals surface area contributed by atoms with Crippen LogP contribution in [0.15, 0.2) is 30.0 Å². The molecule has 1 atom stereocenters. The van der Waals surface area contributed by atoms with Crippen LogP contribution in [0.1, 0.15) is 28.4 Å². The first-order chi connectivity index (χ1) is 19.4. The minimum atomic E-state index is -2.37. The average Bonchev–Trinajstić information content (AvgIpc) is 3.26. The van der Waals surface area contributed by atoms with Crippen molar-refractivity contribution in [1.82, 2.24) is 0 Å². The lowest BCUT2D eigenvalue weighted by Crippen LogP contribution is -2.29. The number of benzene rings is 3. The summed E-state index contributed by atoms with van der Waals surface area (Å²) < 4.78 is 99.6. The highest BCUT2D eigenvalue weighted by molar-refractivity contribution is 6.15. The molecule has 0 saturated heterocycles. The highest BCUT2D eigenvalue weighted by Crippen LogP contribution is 2.41. The molecule has 0 spiro atoms. The smallest absolute Gasteiger partial charge is 0.352 e. The lowest BCUT2D eigenvalue weighted by molar-refractivity contribution is -0.141. The van der Waals surface area contributed by atoms with Crippen molar-refractivity contribution >= 4 is 17.8 Å². The first-order valence-electron chi connectivity index (χ1n) is 11.7. The van der Waals surface area contributed by atoms with Crippen molar-refractivity contribution in [1.29, 1.82) is 0 Å². The van der Waals surface area contributed by atoms with Crippen molar-refractivity contribution < 1.29 is 60.0 Å². The second kappa shape index (κ2) is 11.4. The Morgan fingerprint density at radius 3 is 1.93 bits per heavy atom. The van der Waals surface area contributed by atoms with Crippen LogP contribution in [0.5, 0.6) is 34.5 Å². The molecule has 1 unspecified atom stereocenters. The van der Waals surface area contributed by atoms with E-state index in [1.807, 2.05) is 0 Å². The molecule has 0 radical (unpaired) electrons. The van der Waals surface area contributed by atoms with Gasteiger partial charge in [0.2, 0.25) is 40.6 Å². The Labute approximate surface area is 229 Å². The van der Waals surface area contributed by atoms with Gasteiger partial charge < -0.3 is 28.4 Å². The van der Waals surface area contributed by atoms with Gasteiger partial charge >= 0.3 is 5.97 Å². The zero-order valence-corrected chi connectivity index (χ0v) is 22.1. The molecular formula is C28H21F5O8. The molecule has 3 aromatic rings. The molecule has 1 aliphatic rings. The van der Waals surface area contributed by atoms with Gasteiger partial charge in [0.15, 0.2) is 29.1 Å². The molecule has 0 aliphatic carbocycles. The maximum Gasteiger partial charge on any atom is 0.352 e. The second-order valence-corrected chi connectivity index (χ2v) is 8.59. The molecule has 0 bridgehead atoms. The van der Waals surface area contributed by atoms with E-state index in [0.717, 1.165) is 6.92 Å². The summed E-state index contributed by atoms with van der Waals surface area (Å²) in [6, 6.07) is 5.74. The van der Waals surface area contributed by atoms with Crippen molar-refractivity contribution in [2.45, 2.75) is 20.0 Å². The molecule has 0 N–H and O–H groups in total. The first kappa shape index (κ1) is 29.2. The molecule has 8 nitrogen and oxygen atoms in total. The van der Waals surface area contributed by atoms with E-state index in [4.69, 9.17) is 28.4 Å². The number of aryl methyl sites for hydroxylation is 1. The largest absolute Gasteiger partial charge is 0.493 e. The Bertz CT molecular complexity index is 1550. The number of Topliss-reactive ketones (excluding diaryl/α,β-unsaturated/α-hetero) is 1. The van der Waals surface area contributed by atoms with E-state index in [1.54, 1.807) is 19.1 Å². The molecule has 3 aromatic carbocycles. The fraction of sp³-hybridized carbons (Fsp3) is 0.214. The van der Waals surface area contributed by atoms with Gasteiger partial charge in [0.1, 0.15) is 11.5 Å². The Balaban J connectivity index is 1.57. The van der Waals surface area contributed by atoms with E-state index >= 15 is 0 Å². The standard InChI is InChI=1S/C28H21F5O8/c1-11-6-14(40-28(35)12(2)39-27-23(32)21(30)20(29)22(31)24(27)33)10-15-19(11)25(34)16(41-15)7-13-8-17(36-3)26(38-5)18(9-13)37-4/h6-10,12H,1-5H3/b16-7-. The highest BCUT2D eigenvalue weighted by Gasteiger charge is 2.32. The van der Waals surface area contributed by atoms with Crippen molar-refractivity contribution in [2.75, 3.05) is 21.3 Å². The number of ketones is 1. The van der Waals surface area contributed by atoms with E-state index < -0.39 is 52.7 Å². The maximum atomic E-state index is 13.9. The predicted octanol–water partition coefficient (Wildman–Crippen LogP) is 5.71. The topological polar surface area (TPSA) is 89.5 Å². The summed E-state index contributed by atoms with van der Waals surface area (Å²) >= 11 is 0. The van der Waals surface area contributed by atoms with Gasteiger partial charge in [0.25, 0.3) is 0 Å². The van der Waals surface area contributed by atoms with Gasteiger partial charge in [-0.25, -0.2) is 18.0 Å². The number of carbonyl (C=O) groups is 2. The van der Waals surface area contributed by atoms with Gasteiger partial charge in [0, 0.05) is 6.07 Å². The number of hydrogen-bond acceptors (Lipinski definition) is 8. The average molecular weight is 580 g/mol. The van der Waals surface area contributed by atoms with Crippen molar-refractivity contribution in [3.05, 3.63) is 75.8 Å². The minimum Gasteiger partial charge on any atom is -0.493 e. The summed E-state index contributed by atoms with van der Waals surface area (Å²) in [7, 11) is 4.31. The normalized spacial score (nSPS) is 13.9. The SMILES string of the molecule is COc1cc(/C=C2\Oc3cc(OC(=O)C(C)Oc4c(F)c(F)c(F)c(F)c4F)cc(C)c3C2=O)cc(OC)c1OC. The van der Waals surface area contributed by atoms with E-state index in [1.165, 1.54) is 39.5 Å². The molecule has 4 rings (SSSR count). The lowest BCUT2D eigenvalue weighted by Gasteiger charge is -2.16. The lowest BCUT2D eigenvalue weighted by atomic mass is 10.0. The molecule has 1 aliphatic heterocycles. The number of methoxy groups -OCH3 is 3.